The van der Waals surface area contributed by atoms with Crippen molar-refractivity contribution in [2.75, 3.05) is 7.11 Å². The maximum Gasteiger partial charge on any atom is 0.340 e. The Kier molecular flexibility index (Phi) is 6.77. The van der Waals surface area contributed by atoms with Crippen LogP contribution >= 0.6 is 0 Å². The molecule has 2 atom stereocenters. The molecule has 1 rings (SSSR count). The molecule has 0 aromatic rings. The van der Waals surface area contributed by atoms with E-state index >= 15 is 0 Å². The number of hydrogen-bond donors (Lipinski definition) is 3. The Labute approximate surface area is 127 Å². The fourth-order valence-electron chi connectivity index (χ4n) is 2.10. The standard InChI is InChI=1S/C13H20N2O7/c1-21-12(19)10(13(20)22-7-4-2-3-5-7)15-11(18)8(14)6-9(16)17/h7-8,10H,2-6,14H2,1H3,(H,15,18)(H,16,17)/t8-,10+/m1/s1. The molecule has 1 aliphatic carbocycles. The van der Waals surface area contributed by atoms with Crippen LogP contribution < -0.4 is 11.1 Å². The highest BCUT2D eigenvalue weighted by molar-refractivity contribution is 6.03. The van der Waals surface area contributed by atoms with Gasteiger partial charge in [-0.25, -0.2) is 9.59 Å². The zero-order valence-corrected chi connectivity index (χ0v) is 12.2. The molecule has 1 saturated carbocycles. The second-order valence-corrected chi connectivity index (χ2v) is 5.01. The second kappa shape index (κ2) is 8.32. The SMILES string of the molecule is COC(=O)[C@H](NC(=O)[C@H](N)CC(=O)O)C(=O)OC1CCCC1. The van der Waals surface area contributed by atoms with E-state index in [1.165, 1.54) is 0 Å². The number of carboxylic acids is 1. The quantitative estimate of drug-likeness (QED) is 0.398. The molecule has 9 heteroatoms. The highest BCUT2D eigenvalue weighted by Gasteiger charge is 2.34. The van der Waals surface area contributed by atoms with Crippen LogP contribution in [-0.2, 0) is 28.7 Å². The third kappa shape index (κ3) is 5.32. The Hall–Kier alpha value is -2.16. The molecule has 0 aliphatic heterocycles. The molecule has 0 aromatic heterocycles. The number of carbonyl (C=O) groups excluding carboxylic acids is 3. The van der Waals surface area contributed by atoms with Gasteiger partial charge in [0.25, 0.3) is 0 Å². The van der Waals surface area contributed by atoms with Crippen LogP contribution in [0.3, 0.4) is 0 Å². The molecular weight excluding hydrogens is 296 g/mol. The number of carbonyl (C=O) groups is 4. The van der Waals surface area contributed by atoms with E-state index in [4.69, 9.17) is 15.6 Å². The summed E-state index contributed by atoms with van der Waals surface area (Å²) in [6.07, 6.45) is 2.34. The van der Waals surface area contributed by atoms with Crippen molar-refractivity contribution in [3.05, 3.63) is 0 Å². The molecular formula is C13H20N2O7. The van der Waals surface area contributed by atoms with Gasteiger partial charge >= 0.3 is 17.9 Å². The van der Waals surface area contributed by atoms with E-state index in [-0.39, 0.29) is 6.10 Å². The van der Waals surface area contributed by atoms with Crippen molar-refractivity contribution in [2.24, 2.45) is 5.73 Å². The number of nitrogens with two attached hydrogens (primary N) is 1. The van der Waals surface area contributed by atoms with Gasteiger partial charge in [-0.2, -0.15) is 0 Å². The molecule has 0 aromatic carbocycles. The molecule has 0 spiro atoms. The fourth-order valence-corrected chi connectivity index (χ4v) is 2.10. The van der Waals surface area contributed by atoms with Crippen LogP contribution in [0.25, 0.3) is 0 Å². The van der Waals surface area contributed by atoms with Gasteiger partial charge in [0, 0.05) is 0 Å². The summed E-state index contributed by atoms with van der Waals surface area (Å²) >= 11 is 0. The lowest BCUT2D eigenvalue weighted by Gasteiger charge is -2.19. The van der Waals surface area contributed by atoms with Gasteiger partial charge in [0.15, 0.2) is 0 Å². The van der Waals surface area contributed by atoms with E-state index in [2.05, 4.69) is 10.1 Å². The van der Waals surface area contributed by atoms with Crippen LogP contribution in [0.1, 0.15) is 32.1 Å². The number of aliphatic carboxylic acids is 1. The zero-order valence-electron chi connectivity index (χ0n) is 12.2. The third-order valence-corrected chi connectivity index (χ3v) is 3.28. The van der Waals surface area contributed by atoms with Gasteiger partial charge in [-0.1, -0.05) is 0 Å². The normalized spacial score (nSPS) is 17.4. The van der Waals surface area contributed by atoms with E-state index in [1.807, 2.05) is 0 Å². The number of ether oxygens (including phenoxy) is 2. The maximum absolute atomic E-state index is 12.0. The van der Waals surface area contributed by atoms with Crippen molar-refractivity contribution in [2.45, 2.75) is 50.3 Å². The summed E-state index contributed by atoms with van der Waals surface area (Å²) in [7, 11) is 1.06. The minimum atomic E-state index is -1.65. The molecule has 22 heavy (non-hydrogen) atoms. The fraction of sp³-hybridized carbons (Fsp3) is 0.692. The minimum Gasteiger partial charge on any atom is -0.481 e. The summed E-state index contributed by atoms with van der Waals surface area (Å²) in [5, 5.41) is 10.6. The van der Waals surface area contributed by atoms with Crippen LogP contribution in [0.15, 0.2) is 0 Å². The topological polar surface area (TPSA) is 145 Å². The maximum atomic E-state index is 12.0. The van der Waals surface area contributed by atoms with Crippen LogP contribution in [0.4, 0.5) is 0 Å². The smallest absolute Gasteiger partial charge is 0.340 e. The largest absolute Gasteiger partial charge is 0.481 e. The van der Waals surface area contributed by atoms with Crippen molar-refractivity contribution < 1.29 is 33.8 Å². The summed E-state index contributed by atoms with van der Waals surface area (Å²) < 4.78 is 9.59. The molecule has 0 heterocycles. The van der Waals surface area contributed by atoms with Gasteiger partial charge in [0.05, 0.1) is 19.6 Å². The predicted molar refractivity (Wildman–Crippen MR) is 72.5 cm³/mol. The van der Waals surface area contributed by atoms with Gasteiger partial charge in [-0.05, 0) is 25.7 Å². The summed E-state index contributed by atoms with van der Waals surface area (Å²) in [5.74, 6) is -4.15. The molecule has 124 valence electrons. The zero-order chi connectivity index (χ0) is 16.7. The molecule has 1 aliphatic rings. The first-order valence-corrected chi connectivity index (χ1v) is 6.91. The van der Waals surface area contributed by atoms with Crippen molar-refractivity contribution in [1.29, 1.82) is 0 Å². The first-order chi connectivity index (χ1) is 10.3. The Morgan fingerprint density at radius 3 is 2.32 bits per heavy atom. The molecule has 0 unspecified atom stereocenters. The van der Waals surface area contributed by atoms with Gasteiger partial charge < -0.3 is 25.6 Å². The van der Waals surface area contributed by atoms with Crippen molar-refractivity contribution in [3.8, 4) is 0 Å². The summed E-state index contributed by atoms with van der Waals surface area (Å²) in [4.78, 5) is 45.8. The number of esters is 2. The number of amides is 1. The molecule has 1 fully saturated rings. The van der Waals surface area contributed by atoms with E-state index < -0.39 is 42.3 Å². The monoisotopic (exact) mass is 316 g/mol. The molecule has 4 N–H and O–H groups in total. The van der Waals surface area contributed by atoms with Crippen molar-refractivity contribution in [3.63, 3.8) is 0 Å². The summed E-state index contributed by atoms with van der Waals surface area (Å²) in [6.45, 7) is 0. The average molecular weight is 316 g/mol. The third-order valence-electron chi connectivity index (χ3n) is 3.28. The van der Waals surface area contributed by atoms with E-state index in [0.717, 1.165) is 20.0 Å². The molecule has 9 nitrogen and oxygen atoms in total. The van der Waals surface area contributed by atoms with Crippen LogP contribution in [0.5, 0.6) is 0 Å². The number of carboxylic acid groups (broad SMARTS) is 1. The van der Waals surface area contributed by atoms with Gasteiger partial charge in [0.1, 0.15) is 6.10 Å². The lowest BCUT2D eigenvalue weighted by molar-refractivity contribution is -0.161. The minimum absolute atomic E-state index is 0.288. The Balaban J connectivity index is 2.66. The molecule has 1 amide bonds. The highest BCUT2D eigenvalue weighted by Crippen LogP contribution is 2.21. The lowest BCUT2D eigenvalue weighted by Crippen LogP contribution is -2.53. The van der Waals surface area contributed by atoms with E-state index in [9.17, 15) is 19.2 Å². The summed E-state index contributed by atoms with van der Waals surface area (Å²) in [6, 6.07) is -3.04. The van der Waals surface area contributed by atoms with E-state index in [1.54, 1.807) is 0 Å². The van der Waals surface area contributed by atoms with Gasteiger partial charge in [0.2, 0.25) is 11.9 Å². The van der Waals surface area contributed by atoms with Gasteiger partial charge in [-0.3, -0.25) is 9.59 Å². The number of methoxy groups -OCH3 is 1. The number of hydrogen-bond acceptors (Lipinski definition) is 7. The summed E-state index contributed by atoms with van der Waals surface area (Å²) in [5.41, 5.74) is 5.37. The van der Waals surface area contributed by atoms with Crippen molar-refractivity contribution >= 4 is 23.8 Å². The second-order valence-electron chi connectivity index (χ2n) is 5.01. The predicted octanol–water partition coefficient (Wildman–Crippen LogP) is -1.07. The Morgan fingerprint density at radius 2 is 1.82 bits per heavy atom. The van der Waals surface area contributed by atoms with E-state index in [0.29, 0.717) is 12.8 Å². The Bertz CT molecular complexity index is 446. The van der Waals surface area contributed by atoms with Crippen LogP contribution in [0, 0.1) is 0 Å². The lowest BCUT2D eigenvalue weighted by atomic mass is 10.2. The van der Waals surface area contributed by atoms with Crippen molar-refractivity contribution in [1.82, 2.24) is 5.32 Å². The van der Waals surface area contributed by atoms with Gasteiger partial charge in [-0.15, -0.1) is 0 Å². The Morgan fingerprint density at radius 1 is 1.23 bits per heavy atom. The highest BCUT2D eigenvalue weighted by atomic mass is 16.6. The van der Waals surface area contributed by atoms with Crippen LogP contribution in [-0.4, -0.2) is 54.2 Å². The molecule has 0 radical (unpaired) electrons. The van der Waals surface area contributed by atoms with Crippen LogP contribution in [0.2, 0.25) is 0 Å². The first kappa shape index (κ1) is 17.9. The average Bonchev–Trinajstić information content (AvgIpc) is 2.95. The first-order valence-electron chi connectivity index (χ1n) is 6.91. The number of nitrogens with one attached hydrogen (secondary N) is 1. The number of rotatable bonds is 7. The molecule has 0 saturated heterocycles. The molecule has 0 bridgehead atoms.